The van der Waals surface area contributed by atoms with E-state index in [4.69, 9.17) is 23.2 Å². The first-order chi connectivity index (χ1) is 9.56. The summed E-state index contributed by atoms with van der Waals surface area (Å²) in [5.74, 6) is -1.03. The normalized spacial score (nSPS) is 10.9. The summed E-state index contributed by atoms with van der Waals surface area (Å²) in [4.78, 5) is 15.5. The predicted molar refractivity (Wildman–Crippen MR) is 77.6 cm³/mol. The molecule has 0 bridgehead atoms. The van der Waals surface area contributed by atoms with Crippen molar-refractivity contribution in [3.05, 3.63) is 58.5 Å². The second-order valence-corrected chi connectivity index (χ2v) is 5.07. The van der Waals surface area contributed by atoms with Gasteiger partial charge < -0.3 is 9.51 Å². The molecule has 2 aromatic heterocycles. The minimum absolute atomic E-state index is 0.146. The molecule has 6 heteroatoms. The molecule has 0 atom stereocenters. The van der Waals surface area contributed by atoms with Crippen LogP contribution in [0.5, 0.6) is 0 Å². The fourth-order valence-corrected chi connectivity index (χ4v) is 2.57. The van der Waals surface area contributed by atoms with E-state index in [0.29, 0.717) is 26.8 Å². The van der Waals surface area contributed by atoms with Gasteiger partial charge in [-0.05, 0) is 18.2 Å². The van der Waals surface area contributed by atoms with Crippen molar-refractivity contribution in [3.63, 3.8) is 0 Å². The lowest BCUT2D eigenvalue weighted by Gasteiger charge is -2.09. The fourth-order valence-electron chi connectivity index (χ4n) is 2.06. The standard InChI is InChI=1S/C14H8Cl2N2O2/c15-8-1-2-9(12(16)5-8)11-7-18-4-3-17-13(18)6-10(11)14(19)20/h1-7H,(H,19,20). The summed E-state index contributed by atoms with van der Waals surface area (Å²) in [6, 6.07) is 6.48. The summed E-state index contributed by atoms with van der Waals surface area (Å²) < 4.78 is 1.74. The Morgan fingerprint density at radius 2 is 2.00 bits per heavy atom. The van der Waals surface area contributed by atoms with E-state index in [1.54, 1.807) is 41.2 Å². The van der Waals surface area contributed by atoms with Crippen LogP contribution < -0.4 is 0 Å². The molecule has 0 saturated heterocycles. The van der Waals surface area contributed by atoms with Crippen LogP contribution in [0.4, 0.5) is 0 Å². The van der Waals surface area contributed by atoms with E-state index in [1.807, 2.05) is 0 Å². The maximum absolute atomic E-state index is 11.4. The number of aromatic nitrogens is 2. The number of halogens is 2. The molecule has 4 nitrogen and oxygen atoms in total. The monoisotopic (exact) mass is 306 g/mol. The number of hydrogen-bond acceptors (Lipinski definition) is 2. The molecule has 3 aromatic rings. The van der Waals surface area contributed by atoms with Crippen molar-refractivity contribution in [3.8, 4) is 11.1 Å². The summed E-state index contributed by atoms with van der Waals surface area (Å²) >= 11 is 12.0. The van der Waals surface area contributed by atoms with Crippen molar-refractivity contribution in [2.45, 2.75) is 0 Å². The van der Waals surface area contributed by atoms with Crippen LogP contribution in [0.15, 0.2) is 42.9 Å². The van der Waals surface area contributed by atoms with Gasteiger partial charge in [0.15, 0.2) is 0 Å². The van der Waals surface area contributed by atoms with Crippen LogP contribution in [-0.2, 0) is 0 Å². The lowest BCUT2D eigenvalue weighted by Crippen LogP contribution is -2.02. The SMILES string of the molecule is O=C(O)c1cc2nccn2cc1-c1ccc(Cl)cc1Cl. The highest BCUT2D eigenvalue weighted by Crippen LogP contribution is 2.33. The van der Waals surface area contributed by atoms with E-state index in [2.05, 4.69) is 4.98 Å². The van der Waals surface area contributed by atoms with Gasteiger partial charge in [0.2, 0.25) is 0 Å². The van der Waals surface area contributed by atoms with Crippen LogP contribution in [0.2, 0.25) is 10.0 Å². The van der Waals surface area contributed by atoms with Crippen molar-refractivity contribution in [1.82, 2.24) is 9.38 Å². The summed E-state index contributed by atoms with van der Waals surface area (Å²) in [6.45, 7) is 0. The Kier molecular flexibility index (Phi) is 3.12. The molecule has 0 aliphatic carbocycles. The molecule has 0 aliphatic heterocycles. The van der Waals surface area contributed by atoms with Crippen LogP contribution in [0.3, 0.4) is 0 Å². The Bertz CT molecular complexity index is 827. The maximum atomic E-state index is 11.4. The molecule has 3 rings (SSSR count). The van der Waals surface area contributed by atoms with Crippen LogP contribution in [-0.4, -0.2) is 20.5 Å². The van der Waals surface area contributed by atoms with Crippen LogP contribution in [0.25, 0.3) is 16.8 Å². The van der Waals surface area contributed by atoms with E-state index in [-0.39, 0.29) is 5.56 Å². The third kappa shape index (κ3) is 2.13. The van der Waals surface area contributed by atoms with E-state index in [1.165, 1.54) is 6.07 Å². The zero-order valence-corrected chi connectivity index (χ0v) is 11.6. The smallest absolute Gasteiger partial charge is 0.336 e. The average Bonchev–Trinajstić information content (AvgIpc) is 2.84. The van der Waals surface area contributed by atoms with Gasteiger partial charge in [-0.15, -0.1) is 0 Å². The highest BCUT2D eigenvalue weighted by Gasteiger charge is 2.16. The molecule has 100 valence electrons. The highest BCUT2D eigenvalue weighted by molar-refractivity contribution is 6.36. The Morgan fingerprint density at radius 3 is 2.70 bits per heavy atom. The van der Waals surface area contributed by atoms with Gasteiger partial charge in [-0.1, -0.05) is 29.3 Å². The van der Waals surface area contributed by atoms with Gasteiger partial charge in [-0.25, -0.2) is 9.78 Å². The molecule has 0 radical (unpaired) electrons. The average molecular weight is 307 g/mol. The van der Waals surface area contributed by atoms with Crippen molar-refractivity contribution in [2.24, 2.45) is 0 Å². The third-order valence-corrected chi connectivity index (χ3v) is 3.53. The molecule has 0 spiro atoms. The van der Waals surface area contributed by atoms with E-state index in [9.17, 15) is 9.90 Å². The Hall–Kier alpha value is -2.04. The fraction of sp³-hybridized carbons (Fsp3) is 0. The second-order valence-electron chi connectivity index (χ2n) is 4.22. The van der Waals surface area contributed by atoms with Crippen molar-refractivity contribution in [1.29, 1.82) is 0 Å². The number of imidazole rings is 1. The molecular formula is C14H8Cl2N2O2. The minimum Gasteiger partial charge on any atom is -0.478 e. The molecule has 0 saturated carbocycles. The number of hydrogen-bond donors (Lipinski definition) is 1. The first kappa shape index (κ1) is 13.0. The molecule has 0 unspecified atom stereocenters. The number of fused-ring (bicyclic) bond motifs is 1. The summed E-state index contributed by atoms with van der Waals surface area (Å²) in [5.41, 5.74) is 1.85. The number of rotatable bonds is 2. The van der Waals surface area contributed by atoms with Gasteiger partial charge in [0.05, 0.1) is 5.56 Å². The van der Waals surface area contributed by atoms with Crippen LogP contribution in [0, 0.1) is 0 Å². The number of benzene rings is 1. The topological polar surface area (TPSA) is 54.6 Å². The van der Waals surface area contributed by atoms with Crippen LogP contribution in [0.1, 0.15) is 10.4 Å². The van der Waals surface area contributed by atoms with Gasteiger partial charge in [-0.2, -0.15) is 0 Å². The summed E-state index contributed by atoms with van der Waals surface area (Å²) in [7, 11) is 0. The lowest BCUT2D eigenvalue weighted by molar-refractivity contribution is 0.0697. The second kappa shape index (κ2) is 4.81. The number of carbonyl (C=O) groups is 1. The van der Waals surface area contributed by atoms with E-state index < -0.39 is 5.97 Å². The van der Waals surface area contributed by atoms with Crippen LogP contribution >= 0.6 is 23.2 Å². The van der Waals surface area contributed by atoms with Crippen molar-refractivity contribution >= 4 is 34.8 Å². The molecular weight excluding hydrogens is 299 g/mol. The molecule has 1 aromatic carbocycles. The molecule has 1 N–H and O–H groups in total. The Labute approximate surface area is 124 Å². The van der Waals surface area contributed by atoms with Gasteiger partial charge in [0.25, 0.3) is 0 Å². The lowest BCUT2D eigenvalue weighted by atomic mass is 10.0. The molecule has 0 amide bonds. The molecule has 2 heterocycles. The van der Waals surface area contributed by atoms with Gasteiger partial charge >= 0.3 is 5.97 Å². The van der Waals surface area contributed by atoms with E-state index >= 15 is 0 Å². The molecule has 0 aliphatic rings. The first-order valence-corrected chi connectivity index (χ1v) is 6.47. The van der Waals surface area contributed by atoms with Gasteiger partial charge in [0, 0.05) is 39.8 Å². The zero-order valence-electron chi connectivity index (χ0n) is 10.0. The number of pyridine rings is 1. The molecule has 0 fully saturated rings. The van der Waals surface area contributed by atoms with Crippen molar-refractivity contribution in [2.75, 3.05) is 0 Å². The van der Waals surface area contributed by atoms with Crippen molar-refractivity contribution < 1.29 is 9.90 Å². The third-order valence-electron chi connectivity index (χ3n) is 2.98. The first-order valence-electron chi connectivity index (χ1n) is 5.71. The Balaban J connectivity index is 2.32. The minimum atomic E-state index is -1.03. The van der Waals surface area contributed by atoms with Gasteiger partial charge in [0.1, 0.15) is 5.65 Å². The highest BCUT2D eigenvalue weighted by atomic mass is 35.5. The number of aromatic carboxylic acids is 1. The van der Waals surface area contributed by atoms with Gasteiger partial charge in [-0.3, -0.25) is 0 Å². The van der Waals surface area contributed by atoms with E-state index in [0.717, 1.165) is 0 Å². The number of carboxylic acids is 1. The predicted octanol–water partition coefficient (Wildman–Crippen LogP) is 4.01. The summed E-state index contributed by atoms with van der Waals surface area (Å²) in [6.07, 6.45) is 5.05. The zero-order chi connectivity index (χ0) is 14.3. The quantitative estimate of drug-likeness (QED) is 0.778. The summed E-state index contributed by atoms with van der Waals surface area (Å²) in [5, 5.41) is 10.3. The molecule has 20 heavy (non-hydrogen) atoms. The maximum Gasteiger partial charge on any atom is 0.336 e. The Morgan fingerprint density at radius 1 is 1.20 bits per heavy atom. The largest absolute Gasteiger partial charge is 0.478 e. The number of nitrogens with zero attached hydrogens (tertiary/aromatic N) is 2. The number of carboxylic acid groups (broad SMARTS) is 1.